The summed E-state index contributed by atoms with van der Waals surface area (Å²) < 4.78 is 40.1. The van der Waals surface area contributed by atoms with Gasteiger partial charge in [0.2, 0.25) is 10.0 Å². The number of hydrogen-bond acceptors (Lipinski definition) is 6. The van der Waals surface area contributed by atoms with E-state index in [2.05, 4.69) is 5.32 Å². The molecule has 0 heterocycles. The van der Waals surface area contributed by atoms with Crippen molar-refractivity contribution in [3.8, 4) is 17.2 Å². The predicted octanol–water partition coefficient (Wildman–Crippen LogP) is 2.34. The summed E-state index contributed by atoms with van der Waals surface area (Å²) >= 11 is 0. The van der Waals surface area contributed by atoms with Gasteiger partial charge in [0, 0.05) is 12.6 Å². The molecule has 1 atom stereocenters. The first-order valence-corrected chi connectivity index (χ1v) is 10.7. The van der Waals surface area contributed by atoms with Gasteiger partial charge in [0.05, 0.1) is 13.7 Å². The molecule has 0 spiro atoms. The Labute approximate surface area is 166 Å². The van der Waals surface area contributed by atoms with Crippen LogP contribution in [0.4, 0.5) is 0 Å². The highest BCUT2D eigenvalue weighted by molar-refractivity contribution is 7.89. The van der Waals surface area contributed by atoms with Crippen molar-refractivity contribution in [3.63, 3.8) is 0 Å². The van der Waals surface area contributed by atoms with E-state index in [9.17, 15) is 8.42 Å². The number of methoxy groups -OCH3 is 1. The Morgan fingerprint density at radius 2 is 1.75 bits per heavy atom. The number of primary sulfonamides is 1. The third kappa shape index (κ3) is 6.12. The minimum absolute atomic E-state index is 0.00411. The molecule has 0 aliphatic carbocycles. The van der Waals surface area contributed by atoms with Crippen LogP contribution in [0.2, 0.25) is 0 Å². The molecule has 2 aromatic carbocycles. The van der Waals surface area contributed by atoms with Crippen molar-refractivity contribution in [1.29, 1.82) is 0 Å². The van der Waals surface area contributed by atoms with Gasteiger partial charge in [-0.05, 0) is 44.0 Å². The standard InChI is InChI=1S/C20H28N2O5S/c1-4-26-17-9-5-6-10-18(17)27-13-12-22-15(2)14-16-8-7-11-19(20(16)25-3)28(21,23)24/h5-11,15,22H,4,12-14H2,1-3H3,(H2,21,23,24)/t15-/m0/s1. The topological polar surface area (TPSA) is 99.9 Å². The average molecular weight is 409 g/mol. The second-order valence-electron chi connectivity index (χ2n) is 6.28. The largest absolute Gasteiger partial charge is 0.495 e. The van der Waals surface area contributed by atoms with Gasteiger partial charge in [0.15, 0.2) is 11.5 Å². The molecule has 0 aromatic heterocycles. The van der Waals surface area contributed by atoms with Crippen LogP contribution >= 0.6 is 0 Å². The van der Waals surface area contributed by atoms with E-state index in [0.717, 1.165) is 11.3 Å². The van der Waals surface area contributed by atoms with Gasteiger partial charge in [-0.1, -0.05) is 24.3 Å². The molecule has 28 heavy (non-hydrogen) atoms. The third-order valence-corrected chi connectivity index (χ3v) is 5.03. The molecule has 0 saturated carbocycles. The Bertz CT molecular complexity index is 871. The Hall–Kier alpha value is -2.29. The zero-order valence-corrected chi connectivity index (χ0v) is 17.3. The van der Waals surface area contributed by atoms with Gasteiger partial charge in [-0.15, -0.1) is 0 Å². The first kappa shape index (κ1) is 22.0. The zero-order chi connectivity index (χ0) is 20.6. The summed E-state index contributed by atoms with van der Waals surface area (Å²) in [6.45, 7) is 5.62. The maximum atomic E-state index is 11.7. The third-order valence-electron chi connectivity index (χ3n) is 4.10. The monoisotopic (exact) mass is 408 g/mol. The number of hydrogen-bond donors (Lipinski definition) is 2. The maximum Gasteiger partial charge on any atom is 0.241 e. The fraction of sp³-hybridized carbons (Fsp3) is 0.400. The molecule has 0 unspecified atom stereocenters. The van der Waals surface area contributed by atoms with Crippen molar-refractivity contribution >= 4 is 10.0 Å². The highest BCUT2D eigenvalue weighted by atomic mass is 32.2. The summed E-state index contributed by atoms with van der Waals surface area (Å²) in [5.74, 6) is 1.73. The van der Waals surface area contributed by atoms with E-state index < -0.39 is 10.0 Å². The Balaban J connectivity index is 1.91. The highest BCUT2D eigenvalue weighted by Gasteiger charge is 2.19. The number of benzene rings is 2. The summed E-state index contributed by atoms with van der Waals surface area (Å²) in [6.07, 6.45) is 0.585. The van der Waals surface area contributed by atoms with Crippen LogP contribution in [0, 0.1) is 0 Å². The van der Waals surface area contributed by atoms with E-state index in [4.69, 9.17) is 19.3 Å². The maximum absolute atomic E-state index is 11.7. The Morgan fingerprint density at radius 1 is 1.07 bits per heavy atom. The van der Waals surface area contributed by atoms with Crippen LogP contribution in [-0.2, 0) is 16.4 Å². The lowest BCUT2D eigenvalue weighted by molar-refractivity contribution is 0.272. The molecular weight excluding hydrogens is 380 g/mol. The van der Waals surface area contributed by atoms with Gasteiger partial charge >= 0.3 is 0 Å². The average Bonchev–Trinajstić information content (AvgIpc) is 2.65. The molecule has 0 fully saturated rings. The fourth-order valence-corrected chi connectivity index (χ4v) is 3.63. The molecular formula is C20H28N2O5S. The number of nitrogens with two attached hydrogens (primary N) is 1. The summed E-state index contributed by atoms with van der Waals surface area (Å²) in [5.41, 5.74) is 0.775. The quantitative estimate of drug-likeness (QED) is 0.554. The SMILES string of the molecule is CCOc1ccccc1OCCN[C@@H](C)Cc1cccc(S(N)(=O)=O)c1OC. The van der Waals surface area contributed by atoms with E-state index in [0.29, 0.717) is 37.7 Å². The van der Waals surface area contributed by atoms with Crippen LogP contribution in [0.1, 0.15) is 19.4 Å². The van der Waals surface area contributed by atoms with Crippen molar-refractivity contribution < 1.29 is 22.6 Å². The molecule has 2 rings (SSSR count). The van der Waals surface area contributed by atoms with Crippen molar-refractivity contribution in [2.24, 2.45) is 5.14 Å². The molecule has 7 nitrogen and oxygen atoms in total. The van der Waals surface area contributed by atoms with Gasteiger partial charge in [-0.25, -0.2) is 13.6 Å². The first-order chi connectivity index (χ1) is 13.4. The molecule has 0 aliphatic rings. The molecule has 0 bridgehead atoms. The predicted molar refractivity (Wildman–Crippen MR) is 109 cm³/mol. The molecule has 154 valence electrons. The number of nitrogens with one attached hydrogen (secondary N) is 1. The minimum Gasteiger partial charge on any atom is -0.495 e. The van der Waals surface area contributed by atoms with E-state index in [-0.39, 0.29) is 10.9 Å². The second-order valence-corrected chi connectivity index (χ2v) is 7.81. The minimum atomic E-state index is -3.84. The van der Waals surface area contributed by atoms with Crippen molar-refractivity contribution in [3.05, 3.63) is 48.0 Å². The summed E-state index contributed by atoms with van der Waals surface area (Å²) in [4.78, 5) is -0.00411. The normalized spacial score (nSPS) is 12.4. The lowest BCUT2D eigenvalue weighted by Gasteiger charge is -2.18. The van der Waals surface area contributed by atoms with Gasteiger partial charge < -0.3 is 19.5 Å². The van der Waals surface area contributed by atoms with Crippen molar-refractivity contribution in [2.75, 3.05) is 26.9 Å². The molecule has 2 aromatic rings. The second kappa shape index (κ2) is 10.3. The Morgan fingerprint density at radius 3 is 2.36 bits per heavy atom. The highest BCUT2D eigenvalue weighted by Crippen LogP contribution is 2.28. The van der Waals surface area contributed by atoms with E-state index in [1.54, 1.807) is 6.07 Å². The van der Waals surface area contributed by atoms with Crippen LogP contribution in [0.25, 0.3) is 0 Å². The first-order valence-electron chi connectivity index (χ1n) is 9.13. The lowest BCUT2D eigenvalue weighted by Crippen LogP contribution is -2.32. The van der Waals surface area contributed by atoms with E-state index >= 15 is 0 Å². The number of sulfonamides is 1. The van der Waals surface area contributed by atoms with Crippen molar-refractivity contribution in [1.82, 2.24) is 5.32 Å². The number of para-hydroxylation sites is 3. The van der Waals surface area contributed by atoms with Crippen LogP contribution in [0.15, 0.2) is 47.4 Å². The van der Waals surface area contributed by atoms with Crippen LogP contribution in [0.5, 0.6) is 17.2 Å². The van der Waals surface area contributed by atoms with Crippen molar-refractivity contribution in [2.45, 2.75) is 31.2 Å². The molecule has 0 aliphatic heterocycles. The van der Waals surface area contributed by atoms with Crippen LogP contribution < -0.4 is 24.7 Å². The fourth-order valence-electron chi connectivity index (χ4n) is 2.89. The number of ether oxygens (including phenoxy) is 3. The molecule has 0 radical (unpaired) electrons. The van der Waals surface area contributed by atoms with Gasteiger partial charge in [0.25, 0.3) is 0 Å². The molecule has 3 N–H and O–H groups in total. The van der Waals surface area contributed by atoms with Crippen LogP contribution in [0.3, 0.4) is 0 Å². The van der Waals surface area contributed by atoms with Gasteiger partial charge in [-0.3, -0.25) is 0 Å². The van der Waals surface area contributed by atoms with Gasteiger partial charge in [0.1, 0.15) is 17.3 Å². The van der Waals surface area contributed by atoms with E-state index in [1.165, 1.54) is 13.2 Å². The molecule has 8 heteroatoms. The smallest absolute Gasteiger partial charge is 0.241 e. The molecule has 0 amide bonds. The summed E-state index contributed by atoms with van der Waals surface area (Å²) in [5, 5.41) is 8.63. The Kier molecular flexibility index (Phi) is 8.10. The van der Waals surface area contributed by atoms with E-state index in [1.807, 2.05) is 44.2 Å². The molecule has 0 saturated heterocycles. The zero-order valence-electron chi connectivity index (χ0n) is 16.5. The summed E-state index contributed by atoms with van der Waals surface area (Å²) in [7, 11) is -2.40. The lowest BCUT2D eigenvalue weighted by atomic mass is 10.1. The number of rotatable bonds is 11. The van der Waals surface area contributed by atoms with Gasteiger partial charge in [-0.2, -0.15) is 0 Å². The van der Waals surface area contributed by atoms with Crippen LogP contribution in [-0.4, -0.2) is 41.3 Å². The summed E-state index contributed by atoms with van der Waals surface area (Å²) in [6, 6.07) is 12.6.